The number of β-lactam (4-membered cyclic amide) rings is 1. The molecule has 2 aliphatic heterocycles. The minimum absolute atomic E-state index is 0.218. The molecule has 2 saturated heterocycles. The highest BCUT2D eigenvalue weighted by molar-refractivity contribution is 6.04. The van der Waals surface area contributed by atoms with E-state index in [9.17, 15) is 9.59 Å². The van der Waals surface area contributed by atoms with Gasteiger partial charge in [0.2, 0.25) is 11.8 Å². The number of amides is 2. The van der Waals surface area contributed by atoms with Crippen LogP contribution in [0.15, 0.2) is 30.3 Å². The number of hydrogen-bond acceptors (Lipinski definition) is 2. The maximum Gasteiger partial charge on any atom is 0.235 e. The van der Waals surface area contributed by atoms with E-state index in [0.29, 0.717) is 12.3 Å². The molecule has 2 heterocycles. The van der Waals surface area contributed by atoms with Crippen LogP contribution in [-0.4, -0.2) is 36.3 Å². The van der Waals surface area contributed by atoms with Crippen LogP contribution >= 0.6 is 0 Å². The van der Waals surface area contributed by atoms with Gasteiger partial charge in [0.15, 0.2) is 0 Å². The van der Waals surface area contributed by atoms with E-state index in [1.807, 2.05) is 40.1 Å². The van der Waals surface area contributed by atoms with E-state index in [2.05, 4.69) is 13.8 Å². The second-order valence-corrected chi connectivity index (χ2v) is 6.99. The highest BCUT2D eigenvalue weighted by Gasteiger charge is 2.53. The fourth-order valence-electron chi connectivity index (χ4n) is 3.49. The molecule has 22 heavy (non-hydrogen) atoms. The van der Waals surface area contributed by atoms with Crippen molar-refractivity contribution in [3.63, 3.8) is 0 Å². The monoisotopic (exact) mass is 300 g/mol. The molecule has 0 unspecified atom stereocenters. The van der Waals surface area contributed by atoms with Crippen LogP contribution in [0.2, 0.25) is 0 Å². The van der Waals surface area contributed by atoms with Crippen molar-refractivity contribution in [1.29, 1.82) is 0 Å². The molecule has 0 radical (unpaired) electrons. The second kappa shape index (κ2) is 5.75. The van der Waals surface area contributed by atoms with Crippen LogP contribution in [0.4, 0.5) is 5.69 Å². The van der Waals surface area contributed by atoms with Crippen molar-refractivity contribution >= 4 is 17.5 Å². The van der Waals surface area contributed by atoms with Crippen LogP contribution in [0.5, 0.6) is 0 Å². The lowest BCUT2D eigenvalue weighted by Crippen LogP contribution is -2.65. The van der Waals surface area contributed by atoms with Crippen LogP contribution in [0.3, 0.4) is 0 Å². The smallest absolute Gasteiger partial charge is 0.235 e. The summed E-state index contributed by atoms with van der Waals surface area (Å²) in [6, 6.07) is 9.84. The molecule has 4 heteroatoms. The number of benzene rings is 1. The van der Waals surface area contributed by atoms with E-state index in [-0.39, 0.29) is 17.2 Å². The molecule has 0 aliphatic carbocycles. The number of rotatable bonds is 3. The summed E-state index contributed by atoms with van der Waals surface area (Å²) in [5.74, 6) is 0.855. The van der Waals surface area contributed by atoms with Gasteiger partial charge in [-0.3, -0.25) is 9.59 Å². The summed E-state index contributed by atoms with van der Waals surface area (Å²) in [4.78, 5) is 28.5. The molecule has 2 amide bonds. The van der Waals surface area contributed by atoms with Gasteiger partial charge in [-0.1, -0.05) is 32.0 Å². The van der Waals surface area contributed by atoms with Gasteiger partial charge in [-0.25, -0.2) is 0 Å². The molecule has 0 aromatic heterocycles. The van der Waals surface area contributed by atoms with Gasteiger partial charge >= 0.3 is 0 Å². The molecule has 3 rings (SSSR count). The van der Waals surface area contributed by atoms with Gasteiger partial charge in [0.25, 0.3) is 0 Å². The summed E-state index contributed by atoms with van der Waals surface area (Å²) in [6.45, 7) is 6.37. The number of anilines is 1. The first-order valence-corrected chi connectivity index (χ1v) is 8.17. The van der Waals surface area contributed by atoms with Gasteiger partial charge in [0, 0.05) is 31.7 Å². The summed E-state index contributed by atoms with van der Waals surface area (Å²) in [6.07, 6.45) is 2.22. The third-order valence-electron chi connectivity index (χ3n) is 4.88. The van der Waals surface area contributed by atoms with Crippen molar-refractivity contribution in [2.45, 2.75) is 33.1 Å². The Kier molecular flexibility index (Phi) is 3.94. The van der Waals surface area contributed by atoms with Gasteiger partial charge < -0.3 is 9.80 Å². The number of likely N-dealkylation sites (tertiary alicyclic amines) is 1. The van der Waals surface area contributed by atoms with Crippen molar-refractivity contribution in [1.82, 2.24) is 4.90 Å². The van der Waals surface area contributed by atoms with E-state index in [1.165, 1.54) is 0 Å². The summed E-state index contributed by atoms with van der Waals surface area (Å²) >= 11 is 0. The third kappa shape index (κ3) is 2.62. The number of carbonyl (C=O) groups is 2. The predicted molar refractivity (Wildman–Crippen MR) is 86.5 cm³/mol. The lowest BCUT2D eigenvalue weighted by molar-refractivity contribution is -0.144. The lowest BCUT2D eigenvalue weighted by atomic mass is 9.70. The topological polar surface area (TPSA) is 40.6 Å². The molecule has 4 nitrogen and oxygen atoms in total. The Balaban J connectivity index is 1.58. The number of nitrogens with zero attached hydrogens (tertiary/aromatic N) is 2. The molecule has 0 N–H and O–H groups in total. The zero-order valence-corrected chi connectivity index (χ0v) is 13.4. The molecule has 0 bridgehead atoms. The fraction of sp³-hybridized carbons (Fsp3) is 0.556. The Hall–Kier alpha value is -1.84. The normalized spacial score (nSPS) is 20.4. The minimum atomic E-state index is -0.218. The van der Waals surface area contributed by atoms with E-state index >= 15 is 0 Å². The van der Waals surface area contributed by atoms with Crippen molar-refractivity contribution in [3.8, 4) is 0 Å². The van der Waals surface area contributed by atoms with E-state index in [1.54, 1.807) is 0 Å². The zero-order chi connectivity index (χ0) is 15.7. The number of hydrogen-bond donors (Lipinski definition) is 0. The first kappa shape index (κ1) is 15.1. The standard InChI is InChI=1S/C18H24N2O2/c1-14(2)12-16(21)19-10-8-18(9-11-19)13-20(17(18)22)15-6-4-3-5-7-15/h3-7,14H,8-13H2,1-2H3. The molecule has 2 fully saturated rings. The molecular weight excluding hydrogens is 276 g/mol. The van der Waals surface area contributed by atoms with Gasteiger partial charge in [-0.15, -0.1) is 0 Å². The van der Waals surface area contributed by atoms with Gasteiger partial charge in [-0.2, -0.15) is 0 Å². The summed E-state index contributed by atoms with van der Waals surface area (Å²) in [5.41, 5.74) is 0.765. The van der Waals surface area contributed by atoms with Gasteiger partial charge in [-0.05, 0) is 30.9 Å². The highest BCUT2D eigenvalue weighted by Crippen LogP contribution is 2.43. The van der Waals surface area contributed by atoms with Gasteiger partial charge in [0.05, 0.1) is 5.41 Å². The van der Waals surface area contributed by atoms with Gasteiger partial charge in [0.1, 0.15) is 0 Å². The fourth-order valence-corrected chi connectivity index (χ4v) is 3.49. The Bertz CT molecular complexity index is 560. The maximum atomic E-state index is 12.6. The Morgan fingerprint density at radius 3 is 2.36 bits per heavy atom. The number of piperidine rings is 1. The van der Waals surface area contributed by atoms with Crippen LogP contribution < -0.4 is 4.90 Å². The molecule has 1 spiro atoms. The van der Waals surface area contributed by atoms with Crippen LogP contribution in [0.25, 0.3) is 0 Å². The zero-order valence-electron chi connectivity index (χ0n) is 13.4. The number of para-hydroxylation sites is 1. The van der Waals surface area contributed by atoms with E-state index in [4.69, 9.17) is 0 Å². The SMILES string of the molecule is CC(C)CC(=O)N1CCC2(CC1)CN(c1ccccc1)C2=O. The Morgan fingerprint density at radius 1 is 1.18 bits per heavy atom. The molecule has 2 aliphatic rings. The molecule has 0 atom stereocenters. The largest absolute Gasteiger partial charge is 0.343 e. The lowest BCUT2D eigenvalue weighted by Gasteiger charge is -2.52. The Morgan fingerprint density at radius 2 is 1.82 bits per heavy atom. The highest BCUT2D eigenvalue weighted by atomic mass is 16.2. The first-order chi connectivity index (χ1) is 10.5. The quantitative estimate of drug-likeness (QED) is 0.805. The van der Waals surface area contributed by atoms with Crippen LogP contribution in [0, 0.1) is 11.3 Å². The van der Waals surface area contributed by atoms with Crippen molar-refractivity contribution in [2.24, 2.45) is 11.3 Å². The van der Waals surface area contributed by atoms with Crippen LogP contribution in [-0.2, 0) is 9.59 Å². The average molecular weight is 300 g/mol. The summed E-state index contributed by atoms with van der Waals surface area (Å²) < 4.78 is 0. The first-order valence-electron chi connectivity index (χ1n) is 8.17. The molecule has 1 aromatic rings. The summed E-state index contributed by atoms with van der Waals surface area (Å²) in [5, 5.41) is 0. The van der Waals surface area contributed by atoms with Crippen molar-refractivity contribution in [3.05, 3.63) is 30.3 Å². The Labute approximate surface area is 132 Å². The molecule has 0 saturated carbocycles. The van der Waals surface area contributed by atoms with Crippen molar-refractivity contribution in [2.75, 3.05) is 24.5 Å². The third-order valence-corrected chi connectivity index (χ3v) is 4.88. The van der Waals surface area contributed by atoms with Crippen LogP contribution in [0.1, 0.15) is 33.1 Å². The average Bonchev–Trinajstić information content (AvgIpc) is 2.53. The predicted octanol–water partition coefficient (Wildman–Crippen LogP) is 2.69. The van der Waals surface area contributed by atoms with E-state index in [0.717, 1.165) is 38.2 Å². The number of carbonyl (C=O) groups excluding carboxylic acids is 2. The summed E-state index contributed by atoms with van der Waals surface area (Å²) in [7, 11) is 0. The van der Waals surface area contributed by atoms with Crippen molar-refractivity contribution < 1.29 is 9.59 Å². The second-order valence-electron chi connectivity index (χ2n) is 6.99. The molecule has 1 aromatic carbocycles. The minimum Gasteiger partial charge on any atom is -0.343 e. The van der Waals surface area contributed by atoms with E-state index < -0.39 is 0 Å². The maximum absolute atomic E-state index is 12.6. The molecular formula is C18H24N2O2. The molecule has 118 valence electrons.